The molecule has 0 saturated carbocycles. The Hall–Kier alpha value is -3.77. The molecule has 36 heavy (non-hydrogen) atoms. The van der Waals surface area contributed by atoms with Gasteiger partial charge in [0.1, 0.15) is 11.7 Å². The molecule has 0 aliphatic carbocycles. The van der Waals surface area contributed by atoms with Gasteiger partial charge in [-0.1, -0.05) is 55.1 Å². The van der Waals surface area contributed by atoms with Gasteiger partial charge in [-0.25, -0.2) is 0 Å². The average Bonchev–Trinajstić information content (AvgIpc) is 2.88. The molecule has 8 nitrogen and oxygen atoms in total. The van der Waals surface area contributed by atoms with Gasteiger partial charge in [0.25, 0.3) is 0 Å². The highest BCUT2D eigenvalue weighted by Crippen LogP contribution is 2.43. The molecule has 0 fully saturated rings. The van der Waals surface area contributed by atoms with E-state index in [1.54, 1.807) is 31.2 Å². The maximum absolute atomic E-state index is 13.1. The van der Waals surface area contributed by atoms with E-state index in [1.807, 2.05) is 38.1 Å². The third kappa shape index (κ3) is 6.07. The molecule has 2 aromatic carbocycles. The summed E-state index contributed by atoms with van der Waals surface area (Å²) in [6.07, 6.45) is 0.763. The monoisotopic (exact) mass is 507 g/mol. The Kier molecular flexibility index (Phi) is 9.53. The Balaban J connectivity index is 1.95. The number of carbonyl (C=O) groups is 3. The summed E-state index contributed by atoms with van der Waals surface area (Å²) >= 11 is 1.04. The van der Waals surface area contributed by atoms with E-state index in [-0.39, 0.29) is 28.9 Å². The lowest BCUT2D eigenvalue weighted by atomic mass is 9.78. The zero-order valence-corrected chi connectivity index (χ0v) is 21.3. The van der Waals surface area contributed by atoms with Crippen LogP contribution < -0.4 is 15.4 Å². The smallest absolute Gasteiger partial charge is 0.319 e. The van der Waals surface area contributed by atoms with Gasteiger partial charge < -0.3 is 20.1 Å². The van der Waals surface area contributed by atoms with Gasteiger partial charge in [-0.3, -0.25) is 14.4 Å². The van der Waals surface area contributed by atoms with Crippen molar-refractivity contribution in [2.45, 2.75) is 33.1 Å². The number of para-hydroxylation sites is 2. The number of nitrogens with one attached hydrogen (secondary N) is 2. The van der Waals surface area contributed by atoms with Crippen molar-refractivity contribution in [2.24, 2.45) is 5.92 Å². The van der Waals surface area contributed by atoms with Crippen LogP contribution in [0.4, 0.5) is 5.69 Å². The SMILES string of the molecule is CCOC(=O)C1C(=O)NC(SCC(=O)Nc2ccccc2CC)=C(C#N)C1c1ccccc1OCC. The molecule has 0 aromatic heterocycles. The molecule has 1 aliphatic rings. The summed E-state index contributed by atoms with van der Waals surface area (Å²) in [4.78, 5) is 38.7. The Morgan fingerprint density at radius 2 is 1.81 bits per heavy atom. The third-order valence-corrected chi connectivity index (χ3v) is 6.66. The number of anilines is 1. The van der Waals surface area contributed by atoms with E-state index >= 15 is 0 Å². The molecule has 1 heterocycles. The number of nitrogens with zero attached hydrogens (tertiary/aromatic N) is 1. The zero-order chi connectivity index (χ0) is 26.1. The fraction of sp³-hybridized carbons (Fsp3) is 0.333. The van der Waals surface area contributed by atoms with E-state index in [0.29, 0.717) is 17.9 Å². The van der Waals surface area contributed by atoms with Crippen LogP contribution in [0, 0.1) is 17.2 Å². The first-order chi connectivity index (χ1) is 17.4. The first kappa shape index (κ1) is 26.8. The predicted octanol–water partition coefficient (Wildman–Crippen LogP) is 4.15. The van der Waals surface area contributed by atoms with Crippen molar-refractivity contribution in [3.63, 3.8) is 0 Å². The van der Waals surface area contributed by atoms with Crippen LogP contribution in [0.1, 0.15) is 37.8 Å². The van der Waals surface area contributed by atoms with Crippen LogP contribution in [0.3, 0.4) is 0 Å². The highest BCUT2D eigenvalue weighted by molar-refractivity contribution is 8.03. The molecule has 2 atom stereocenters. The van der Waals surface area contributed by atoms with Crippen molar-refractivity contribution < 1.29 is 23.9 Å². The molecular formula is C27H29N3O5S. The molecule has 0 radical (unpaired) electrons. The van der Waals surface area contributed by atoms with Crippen LogP contribution in [0.5, 0.6) is 5.75 Å². The van der Waals surface area contributed by atoms with Gasteiger partial charge >= 0.3 is 5.97 Å². The lowest BCUT2D eigenvalue weighted by Crippen LogP contribution is -2.44. The molecule has 0 bridgehead atoms. The summed E-state index contributed by atoms with van der Waals surface area (Å²) in [7, 11) is 0. The lowest BCUT2D eigenvalue weighted by Gasteiger charge is -2.32. The maximum Gasteiger partial charge on any atom is 0.319 e. The van der Waals surface area contributed by atoms with Gasteiger partial charge in [0.05, 0.1) is 35.6 Å². The van der Waals surface area contributed by atoms with Gasteiger partial charge in [0, 0.05) is 17.2 Å². The summed E-state index contributed by atoms with van der Waals surface area (Å²) in [6.45, 7) is 5.94. The quantitative estimate of drug-likeness (QED) is 0.366. The highest BCUT2D eigenvalue weighted by atomic mass is 32.2. The van der Waals surface area contributed by atoms with E-state index in [1.165, 1.54) is 0 Å². The normalized spacial score (nSPS) is 17.1. The minimum Gasteiger partial charge on any atom is -0.494 e. The number of nitriles is 1. The van der Waals surface area contributed by atoms with E-state index in [4.69, 9.17) is 9.47 Å². The van der Waals surface area contributed by atoms with E-state index in [2.05, 4.69) is 16.7 Å². The number of hydrogen-bond donors (Lipinski definition) is 2. The largest absolute Gasteiger partial charge is 0.494 e. The molecule has 9 heteroatoms. The number of thioether (sulfide) groups is 1. The van der Waals surface area contributed by atoms with Gasteiger partial charge in [-0.05, 0) is 38.0 Å². The summed E-state index contributed by atoms with van der Waals surface area (Å²) in [6, 6.07) is 16.7. The molecule has 0 spiro atoms. The predicted molar refractivity (Wildman–Crippen MR) is 138 cm³/mol. The first-order valence-electron chi connectivity index (χ1n) is 11.8. The summed E-state index contributed by atoms with van der Waals surface area (Å²) < 4.78 is 10.9. The number of aryl methyl sites for hydroxylation is 1. The summed E-state index contributed by atoms with van der Waals surface area (Å²) in [5.41, 5.74) is 2.43. The van der Waals surface area contributed by atoms with Crippen molar-refractivity contribution >= 4 is 35.2 Å². The fourth-order valence-corrected chi connectivity index (χ4v) is 4.91. The van der Waals surface area contributed by atoms with Crippen LogP contribution in [-0.4, -0.2) is 36.8 Å². The Labute approximate surface area is 215 Å². The second-order valence-corrected chi connectivity index (χ2v) is 8.86. The molecule has 2 N–H and O–H groups in total. The minimum atomic E-state index is -1.27. The molecular weight excluding hydrogens is 478 g/mol. The van der Waals surface area contributed by atoms with Crippen LogP contribution in [0.15, 0.2) is 59.1 Å². The first-order valence-corrected chi connectivity index (χ1v) is 12.8. The lowest BCUT2D eigenvalue weighted by molar-refractivity contribution is -0.152. The Morgan fingerprint density at radius 3 is 2.50 bits per heavy atom. The second-order valence-electron chi connectivity index (χ2n) is 7.87. The van der Waals surface area contributed by atoms with Crippen LogP contribution in [0.25, 0.3) is 0 Å². The molecule has 2 aromatic rings. The molecule has 2 amide bonds. The topological polar surface area (TPSA) is 118 Å². The van der Waals surface area contributed by atoms with Crippen LogP contribution in [0.2, 0.25) is 0 Å². The molecule has 2 unspecified atom stereocenters. The number of hydrogen-bond acceptors (Lipinski definition) is 7. The van der Waals surface area contributed by atoms with Crippen molar-refractivity contribution in [1.29, 1.82) is 5.26 Å². The number of amides is 2. The van der Waals surface area contributed by atoms with Crippen LogP contribution in [-0.2, 0) is 25.5 Å². The number of rotatable bonds is 10. The van der Waals surface area contributed by atoms with Gasteiger partial charge in [-0.15, -0.1) is 0 Å². The van der Waals surface area contributed by atoms with E-state index in [0.717, 1.165) is 29.4 Å². The molecule has 0 saturated heterocycles. The van der Waals surface area contributed by atoms with Gasteiger partial charge in [-0.2, -0.15) is 5.26 Å². The van der Waals surface area contributed by atoms with Gasteiger partial charge in [0.2, 0.25) is 11.8 Å². The van der Waals surface area contributed by atoms with E-state index < -0.39 is 23.7 Å². The standard InChI is InChI=1S/C27H29N3O5S/c1-4-17-11-7-9-13-20(17)29-22(31)16-36-26-19(15-28)23(18-12-8-10-14-21(18)34-5-2)24(25(32)30-26)27(33)35-6-3/h7-14,23-24H,4-6,16H2,1-3H3,(H,29,31)(H,30,32). The van der Waals surface area contributed by atoms with Crippen molar-refractivity contribution in [3.05, 3.63) is 70.3 Å². The number of carbonyl (C=O) groups excluding carboxylic acids is 3. The number of ether oxygens (including phenoxy) is 2. The molecule has 188 valence electrons. The van der Waals surface area contributed by atoms with Crippen LogP contribution >= 0.6 is 11.8 Å². The second kappa shape index (κ2) is 12.8. The Morgan fingerprint density at radius 1 is 1.08 bits per heavy atom. The average molecular weight is 508 g/mol. The zero-order valence-electron chi connectivity index (χ0n) is 20.5. The minimum absolute atomic E-state index is 0.0389. The molecule has 1 aliphatic heterocycles. The van der Waals surface area contributed by atoms with Crippen molar-refractivity contribution in [1.82, 2.24) is 5.32 Å². The van der Waals surface area contributed by atoms with Gasteiger partial charge in [0.15, 0.2) is 0 Å². The number of benzene rings is 2. The maximum atomic E-state index is 13.1. The van der Waals surface area contributed by atoms with Crippen molar-refractivity contribution in [3.8, 4) is 11.8 Å². The van der Waals surface area contributed by atoms with E-state index in [9.17, 15) is 19.6 Å². The summed E-state index contributed by atoms with van der Waals surface area (Å²) in [5.74, 6) is -3.35. The Bertz CT molecular complexity index is 1200. The third-order valence-electron chi connectivity index (χ3n) is 5.64. The number of esters is 1. The fourth-order valence-electron chi connectivity index (χ4n) is 4.06. The van der Waals surface area contributed by atoms with Crippen molar-refractivity contribution in [2.75, 3.05) is 24.3 Å². The molecule has 3 rings (SSSR count). The summed E-state index contributed by atoms with van der Waals surface area (Å²) in [5, 5.41) is 15.9. The number of allylic oxidation sites excluding steroid dienone is 1. The highest BCUT2D eigenvalue weighted by Gasteiger charge is 2.45.